The molecule has 0 aliphatic heterocycles. The van der Waals surface area contributed by atoms with Crippen LogP contribution in [0, 0.1) is 5.92 Å². The summed E-state index contributed by atoms with van der Waals surface area (Å²) in [4.78, 5) is 0. The number of benzene rings is 1. The van der Waals surface area contributed by atoms with E-state index in [-0.39, 0.29) is 6.04 Å². The molecule has 1 heteroatoms. The van der Waals surface area contributed by atoms with Gasteiger partial charge in [0.1, 0.15) is 0 Å². The number of nitrogens with two attached hydrogens (primary N) is 1. The van der Waals surface area contributed by atoms with Crippen LogP contribution in [0.25, 0.3) is 0 Å². The highest BCUT2D eigenvalue weighted by Gasteiger charge is 2.16. The zero-order valence-corrected chi connectivity index (χ0v) is 11.2. The molecule has 2 rings (SSSR count). The molecule has 0 radical (unpaired) electrons. The van der Waals surface area contributed by atoms with Crippen molar-refractivity contribution in [1.29, 1.82) is 0 Å². The Bertz CT molecular complexity index is 333. The molecule has 1 fully saturated rings. The van der Waals surface area contributed by atoms with Crippen molar-refractivity contribution in [3.8, 4) is 0 Å². The maximum atomic E-state index is 6.17. The molecule has 0 bridgehead atoms. The normalized spacial score (nSPS) is 19.5. The van der Waals surface area contributed by atoms with Crippen LogP contribution in [0.1, 0.15) is 69.0 Å². The third kappa shape index (κ3) is 3.10. The molecule has 1 aromatic rings. The first kappa shape index (κ1) is 12.6. The van der Waals surface area contributed by atoms with Gasteiger partial charge in [0.15, 0.2) is 0 Å². The third-order valence-corrected chi connectivity index (χ3v) is 4.12. The molecule has 1 atom stereocenters. The Labute approximate surface area is 105 Å². The van der Waals surface area contributed by atoms with Gasteiger partial charge in [-0.15, -0.1) is 0 Å². The molecule has 94 valence electrons. The van der Waals surface area contributed by atoms with Crippen molar-refractivity contribution in [2.75, 3.05) is 0 Å². The Balaban J connectivity index is 2.06. The van der Waals surface area contributed by atoms with Crippen LogP contribution in [-0.2, 0) is 0 Å². The van der Waals surface area contributed by atoms with Crippen LogP contribution < -0.4 is 5.73 Å². The predicted molar refractivity (Wildman–Crippen MR) is 74.0 cm³/mol. The molecule has 0 saturated heterocycles. The quantitative estimate of drug-likeness (QED) is 0.820. The van der Waals surface area contributed by atoms with Gasteiger partial charge >= 0.3 is 0 Å². The minimum atomic E-state index is 0.176. The molecular weight excluding hydrogens is 206 g/mol. The van der Waals surface area contributed by atoms with Gasteiger partial charge in [-0.05, 0) is 35.8 Å². The lowest BCUT2D eigenvalue weighted by atomic mass is 9.83. The van der Waals surface area contributed by atoms with E-state index in [2.05, 4.69) is 38.1 Å². The highest BCUT2D eigenvalue weighted by molar-refractivity contribution is 5.27. The highest BCUT2D eigenvalue weighted by atomic mass is 14.6. The van der Waals surface area contributed by atoms with Gasteiger partial charge in [-0.1, -0.05) is 57.4 Å². The molecule has 0 amide bonds. The van der Waals surface area contributed by atoms with Crippen molar-refractivity contribution in [3.63, 3.8) is 0 Å². The number of hydrogen-bond acceptors (Lipinski definition) is 1. The molecule has 1 aliphatic rings. The molecule has 0 heterocycles. The lowest BCUT2D eigenvalue weighted by Crippen LogP contribution is -2.16. The zero-order chi connectivity index (χ0) is 12.3. The number of hydrogen-bond donors (Lipinski definition) is 1. The molecule has 1 nitrogen and oxygen atoms in total. The van der Waals surface area contributed by atoms with E-state index in [9.17, 15) is 0 Å². The maximum absolute atomic E-state index is 6.17. The van der Waals surface area contributed by atoms with Crippen molar-refractivity contribution < 1.29 is 0 Å². The number of rotatable bonds is 3. The van der Waals surface area contributed by atoms with Gasteiger partial charge in [-0.25, -0.2) is 0 Å². The molecule has 1 saturated carbocycles. The predicted octanol–water partition coefficient (Wildman–Crippen LogP) is 4.39. The van der Waals surface area contributed by atoms with Crippen molar-refractivity contribution in [2.45, 2.75) is 57.9 Å². The van der Waals surface area contributed by atoms with Crippen LogP contribution in [0.2, 0.25) is 0 Å². The van der Waals surface area contributed by atoms with Gasteiger partial charge in [0.25, 0.3) is 0 Å². The minimum Gasteiger partial charge on any atom is -0.324 e. The van der Waals surface area contributed by atoms with Gasteiger partial charge in [0.2, 0.25) is 0 Å². The van der Waals surface area contributed by atoms with Crippen molar-refractivity contribution in [3.05, 3.63) is 35.4 Å². The van der Waals surface area contributed by atoms with E-state index in [1.807, 2.05) is 0 Å². The lowest BCUT2D eigenvalue weighted by Gasteiger charge is -2.23. The summed E-state index contributed by atoms with van der Waals surface area (Å²) < 4.78 is 0. The van der Waals surface area contributed by atoms with Gasteiger partial charge in [0, 0.05) is 6.04 Å². The van der Waals surface area contributed by atoms with Crippen molar-refractivity contribution in [2.24, 2.45) is 11.7 Å². The molecule has 17 heavy (non-hydrogen) atoms. The van der Waals surface area contributed by atoms with E-state index >= 15 is 0 Å². The summed E-state index contributed by atoms with van der Waals surface area (Å²) in [5, 5.41) is 0. The Morgan fingerprint density at radius 2 is 1.59 bits per heavy atom. The second-order valence-corrected chi connectivity index (χ2v) is 5.77. The lowest BCUT2D eigenvalue weighted by molar-refractivity contribution is 0.443. The van der Waals surface area contributed by atoms with Gasteiger partial charge in [-0.3, -0.25) is 0 Å². The fraction of sp³-hybridized carbons (Fsp3) is 0.625. The van der Waals surface area contributed by atoms with Crippen molar-refractivity contribution in [1.82, 2.24) is 0 Å². The average molecular weight is 231 g/mol. The Morgan fingerprint density at radius 1 is 1.00 bits per heavy atom. The summed E-state index contributed by atoms with van der Waals surface area (Å²) in [6.45, 7) is 4.36. The smallest absolute Gasteiger partial charge is 0.0318 e. The van der Waals surface area contributed by atoms with Gasteiger partial charge < -0.3 is 5.73 Å². The molecule has 0 aromatic heterocycles. The highest BCUT2D eigenvalue weighted by Crippen LogP contribution is 2.33. The van der Waals surface area contributed by atoms with E-state index in [4.69, 9.17) is 5.73 Å². The van der Waals surface area contributed by atoms with E-state index in [0.29, 0.717) is 5.92 Å². The molecule has 2 N–H and O–H groups in total. The van der Waals surface area contributed by atoms with Crippen LogP contribution in [0.15, 0.2) is 24.3 Å². The monoisotopic (exact) mass is 231 g/mol. The Morgan fingerprint density at radius 3 is 2.12 bits per heavy atom. The van der Waals surface area contributed by atoms with Crippen LogP contribution in [0.3, 0.4) is 0 Å². The third-order valence-electron chi connectivity index (χ3n) is 4.12. The summed E-state index contributed by atoms with van der Waals surface area (Å²) >= 11 is 0. The van der Waals surface area contributed by atoms with E-state index in [1.54, 1.807) is 0 Å². The second kappa shape index (κ2) is 5.68. The first-order valence-electron chi connectivity index (χ1n) is 7.04. The fourth-order valence-electron chi connectivity index (χ4n) is 2.81. The minimum absolute atomic E-state index is 0.176. The van der Waals surface area contributed by atoms with Crippen LogP contribution in [0.5, 0.6) is 0 Å². The molecule has 1 aliphatic carbocycles. The maximum Gasteiger partial charge on any atom is 0.0318 e. The molecule has 1 aromatic carbocycles. The molecular formula is C16H25N. The van der Waals surface area contributed by atoms with Gasteiger partial charge in [0.05, 0.1) is 0 Å². The van der Waals surface area contributed by atoms with E-state index in [1.165, 1.54) is 43.2 Å². The summed E-state index contributed by atoms with van der Waals surface area (Å²) in [6, 6.07) is 9.24. The Hall–Kier alpha value is -0.820. The van der Waals surface area contributed by atoms with E-state index < -0.39 is 0 Å². The fourth-order valence-corrected chi connectivity index (χ4v) is 2.81. The van der Waals surface area contributed by atoms with Gasteiger partial charge in [-0.2, -0.15) is 0 Å². The van der Waals surface area contributed by atoms with E-state index in [0.717, 1.165) is 5.92 Å². The van der Waals surface area contributed by atoms with Crippen molar-refractivity contribution >= 4 is 0 Å². The topological polar surface area (TPSA) is 26.0 Å². The summed E-state index contributed by atoms with van der Waals surface area (Å²) in [7, 11) is 0. The SMILES string of the molecule is CC(C)C(N)c1ccc(C2CCCCC2)cc1. The second-order valence-electron chi connectivity index (χ2n) is 5.77. The van der Waals surface area contributed by atoms with Crippen LogP contribution >= 0.6 is 0 Å². The summed E-state index contributed by atoms with van der Waals surface area (Å²) in [6.07, 6.45) is 6.97. The van der Waals surface area contributed by atoms with Crippen LogP contribution in [-0.4, -0.2) is 0 Å². The largest absolute Gasteiger partial charge is 0.324 e. The average Bonchev–Trinajstić information content (AvgIpc) is 2.39. The first-order chi connectivity index (χ1) is 8.18. The first-order valence-corrected chi connectivity index (χ1v) is 7.04. The Kier molecular flexibility index (Phi) is 4.22. The van der Waals surface area contributed by atoms with Crippen LogP contribution in [0.4, 0.5) is 0 Å². The standard InChI is InChI=1S/C16H25N/c1-12(2)16(17)15-10-8-14(9-11-15)13-6-4-3-5-7-13/h8-13,16H,3-7,17H2,1-2H3. The molecule has 1 unspecified atom stereocenters. The zero-order valence-electron chi connectivity index (χ0n) is 11.2. The summed E-state index contributed by atoms with van der Waals surface area (Å²) in [5.41, 5.74) is 8.96. The summed E-state index contributed by atoms with van der Waals surface area (Å²) in [5.74, 6) is 1.31. The molecule has 0 spiro atoms.